The minimum Gasteiger partial charge on any atom is -0.0683 e. The number of fused-ring (bicyclic) bond motifs is 1. The molecule has 0 aliphatic heterocycles. The Kier molecular flexibility index (Phi) is 4.28. The summed E-state index contributed by atoms with van der Waals surface area (Å²) in [5.74, 6) is 4.30. The molecular weight excluding hydrogens is 156 g/mol. The van der Waals surface area contributed by atoms with E-state index in [2.05, 4.69) is 13.8 Å². The predicted octanol–water partition coefficient (Wildman–Crippen LogP) is 4.49. The molecule has 0 heterocycles. The van der Waals surface area contributed by atoms with E-state index in [0.29, 0.717) is 0 Å². The van der Waals surface area contributed by atoms with Crippen molar-refractivity contribution < 1.29 is 0 Å². The second-order valence-corrected chi connectivity index (χ2v) is 4.93. The van der Waals surface area contributed by atoms with E-state index in [1.54, 1.807) is 25.7 Å². The fourth-order valence-corrected chi connectivity index (χ4v) is 3.15. The van der Waals surface area contributed by atoms with Crippen molar-refractivity contribution in [2.45, 2.75) is 59.8 Å². The summed E-state index contributed by atoms with van der Waals surface area (Å²) in [5, 5.41) is 0. The third-order valence-electron chi connectivity index (χ3n) is 3.97. The van der Waals surface area contributed by atoms with E-state index in [1.165, 1.54) is 6.42 Å². The zero-order valence-corrected chi connectivity index (χ0v) is 9.84. The van der Waals surface area contributed by atoms with E-state index in [-0.39, 0.29) is 0 Å². The van der Waals surface area contributed by atoms with Crippen LogP contribution < -0.4 is 0 Å². The fourth-order valence-electron chi connectivity index (χ4n) is 3.15. The first kappa shape index (κ1) is 11.1. The Balaban J connectivity index is 0.000000396. The maximum atomic E-state index is 2.39. The van der Waals surface area contributed by atoms with Gasteiger partial charge in [0.25, 0.3) is 0 Å². The molecule has 0 nitrogen and oxygen atoms in total. The summed E-state index contributed by atoms with van der Waals surface area (Å²) in [6.45, 7) is 8.79. The first-order valence-corrected chi connectivity index (χ1v) is 6.27. The zero-order valence-electron chi connectivity index (χ0n) is 9.84. The molecule has 13 heavy (non-hydrogen) atoms. The van der Waals surface area contributed by atoms with Gasteiger partial charge in [0.2, 0.25) is 0 Å². The topological polar surface area (TPSA) is 0 Å². The van der Waals surface area contributed by atoms with Crippen molar-refractivity contribution in [2.75, 3.05) is 0 Å². The molecule has 2 aliphatic carbocycles. The van der Waals surface area contributed by atoms with E-state index < -0.39 is 0 Å². The summed E-state index contributed by atoms with van der Waals surface area (Å²) in [7, 11) is 0. The Morgan fingerprint density at radius 1 is 0.923 bits per heavy atom. The summed E-state index contributed by atoms with van der Waals surface area (Å²) < 4.78 is 0. The molecule has 2 aliphatic rings. The summed E-state index contributed by atoms with van der Waals surface area (Å²) in [4.78, 5) is 0. The molecule has 2 fully saturated rings. The van der Waals surface area contributed by atoms with Crippen molar-refractivity contribution in [3.05, 3.63) is 0 Å². The molecule has 2 saturated carbocycles. The van der Waals surface area contributed by atoms with Gasteiger partial charge in [-0.2, -0.15) is 0 Å². The lowest BCUT2D eigenvalue weighted by Gasteiger charge is -2.14. The van der Waals surface area contributed by atoms with E-state index in [1.807, 2.05) is 13.8 Å². The minimum atomic E-state index is 0.945. The quantitative estimate of drug-likeness (QED) is 0.560. The molecule has 0 amide bonds. The van der Waals surface area contributed by atoms with Crippen LogP contribution in [-0.2, 0) is 0 Å². The number of rotatable bonds is 1. The van der Waals surface area contributed by atoms with Crippen molar-refractivity contribution >= 4 is 0 Å². The summed E-state index contributed by atoms with van der Waals surface area (Å²) in [5.41, 5.74) is 0. The van der Waals surface area contributed by atoms with E-state index in [0.717, 1.165) is 23.7 Å². The van der Waals surface area contributed by atoms with Gasteiger partial charge in [0.05, 0.1) is 0 Å². The van der Waals surface area contributed by atoms with Crippen LogP contribution in [0.5, 0.6) is 0 Å². The van der Waals surface area contributed by atoms with E-state index >= 15 is 0 Å². The second kappa shape index (κ2) is 5.02. The van der Waals surface area contributed by atoms with Crippen LogP contribution in [0.15, 0.2) is 0 Å². The molecule has 0 aromatic carbocycles. The largest absolute Gasteiger partial charge is 0.0683 e. The molecular formula is C13H26. The Hall–Kier alpha value is 0. The maximum Gasteiger partial charge on any atom is -0.0383 e. The monoisotopic (exact) mass is 182 g/mol. The third-order valence-corrected chi connectivity index (χ3v) is 3.97. The molecule has 0 saturated heterocycles. The van der Waals surface area contributed by atoms with Crippen molar-refractivity contribution in [1.82, 2.24) is 0 Å². The average molecular weight is 182 g/mol. The summed E-state index contributed by atoms with van der Waals surface area (Å²) in [6, 6.07) is 0. The Labute approximate surface area is 84.1 Å². The summed E-state index contributed by atoms with van der Waals surface area (Å²) in [6.07, 6.45) is 7.74. The van der Waals surface area contributed by atoms with Gasteiger partial charge in [0, 0.05) is 0 Å². The molecule has 0 N–H and O–H groups in total. The van der Waals surface area contributed by atoms with E-state index in [9.17, 15) is 0 Å². The summed E-state index contributed by atoms with van der Waals surface area (Å²) >= 11 is 0. The lowest BCUT2D eigenvalue weighted by Crippen LogP contribution is -2.04. The van der Waals surface area contributed by atoms with Gasteiger partial charge in [-0.25, -0.2) is 0 Å². The molecule has 0 heteroatoms. The van der Waals surface area contributed by atoms with E-state index in [4.69, 9.17) is 0 Å². The average Bonchev–Trinajstić information content (AvgIpc) is 2.65. The van der Waals surface area contributed by atoms with Crippen LogP contribution in [0.1, 0.15) is 59.8 Å². The lowest BCUT2D eigenvalue weighted by atomic mass is 9.92. The third kappa shape index (κ3) is 2.48. The van der Waals surface area contributed by atoms with Crippen LogP contribution in [-0.4, -0.2) is 0 Å². The molecule has 0 bridgehead atoms. The molecule has 0 aromatic heterocycles. The fraction of sp³-hybridized carbons (Fsp3) is 1.00. The van der Waals surface area contributed by atoms with Gasteiger partial charge in [-0.1, -0.05) is 47.0 Å². The van der Waals surface area contributed by atoms with Crippen molar-refractivity contribution in [3.8, 4) is 0 Å². The van der Waals surface area contributed by atoms with Crippen LogP contribution in [0.2, 0.25) is 0 Å². The van der Waals surface area contributed by atoms with Gasteiger partial charge < -0.3 is 0 Å². The highest BCUT2D eigenvalue weighted by Crippen LogP contribution is 2.48. The first-order valence-electron chi connectivity index (χ1n) is 6.27. The minimum absolute atomic E-state index is 0.945. The van der Waals surface area contributed by atoms with Gasteiger partial charge in [-0.3, -0.25) is 0 Å². The van der Waals surface area contributed by atoms with Crippen molar-refractivity contribution in [3.63, 3.8) is 0 Å². The molecule has 0 radical (unpaired) electrons. The van der Waals surface area contributed by atoms with Crippen LogP contribution in [0.4, 0.5) is 0 Å². The first-order chi connectivity index (χ1) is 6.27. The maximum absolute atomic E-state index is 2.39. The number of hydrogen-bond donors (Lipinski definition) is 0. The Bertz CT molecular complexity index is 125. The molecule has 3 atom stereocenters. The van der Waals surface area contributed by atoms with Gasteiger partial charge in [0.15, 0.2) is 0 Å². The zero-order chi connectivity index (χ0) is 9.84. The van der Waals surface area contributed by atoms with Crippen LogP contribution in [0.3, 0.4) is 0 Å². The van der Waals surface area contributed by atoms with Crippen molar-refractivity contribution in [1.29, 1.82) is 0 Å². The smallest absolute Gasteiger partial charge is 0.0383 e. The van der Waals surface area contributed by atoms with Gasteiger partial charge in [-0.15, -0.1) is 0 Å². The number of hydrogen-bond acceptors (Lipinski definition) is 0. The normalized spacial score (nSPS) is 37.2. The highest BCUT2D eigenvalue weighted by atomic mass is 14.4. The highest BCUT2D eigenvalue weighted by Gasteiger charge is 2.37. The van der Waals surface area contributed by atoms with Gasteiger partial charge in [-0.05, 0) is 36.5 Å². The molecule has 78 valence electrons. The van der Waals surface area contributed by atoms with Gasteiger partial charge >= 0.3 is 0 Å². The Morgan fingerprint density at radius 3 is 1.77 bits per heavy atom. The van der Waals surface area contributed by atoms with Crippen molar-refractivity contribution in [2.24, 2.45) is 23.7 Å². The molecule has 0 aromatic rings. The van der Waals surface area contributed by atoms with Crippen LogP contribution in [0.25, 0.3) is 0 Å². The Morgan fingerprint density at radius 2 is 1.38 bits per heavy atom. The highest BCUT2D eigenvalue weighted by molar-refractivity contribution is 4.88. The molecule has 0 spiro atoms. The van der Waals surface area contributed by atoms with Crippen LogP contribution >= 0.6 is 0 Å². The second-order valence-electron chi connectivity index (χ2n) is 4.93. The molecule has 1 unspecified atom stereocenters. The predicted molar refractivity (Wildman–Crippen MR) is 59.7 cm³/mol. The lowest BCUT2D eigenvalue weighted by molar-refractivity contribution is 0.367. The van der Waals surface area contributed by atoms with Gasteiger partial charge in [0.1, 0.15) is 0 Å². The van der Waals surface area contributed by atoms with Crippen LogP contribution in [0, 0.1) is 23.7 Å². The molecule has 2 rings (SSSR count). The SMILES string of the molecule is CC.CC(C)C1C[C@H]2CCC[C@H]2C1. The standard InChI is InChI=1S/C11H20.C2H6/c1-8(2)11-6-9-4-3-5-10(9)7-11;1-2/h8-11H,3-7H2,1-2H3;1-2H3/t9-,10+,11?;.